The number of aromatic nitrogens is 1. The first kappa shape index (κ1) is 16.6. The number of benzene rings is 1. The molecular weight excluding hydrogens is 324 g/mol. The Morgan fingerprint density at radius 3 is 2.79 bits per heavy atom. The van der Waals surface area contributed by atoms with Gasteiger partial charge in [0, 0.05) is 23.9 Å². The summed E-state index contributed by atoms with van der Waals surface area (Å²) in [4.78, 5) is 18.9. The van der Waals surface area contributed by atoms with Crippen molar-refractivity contribution in [3.63, 3.8) is 0 Å². The monoisotopic (exact) mass is 344 g/mol. The highest BCUT2D eigenvalue weighted by molar-refractivity contribution is 7.99. The molecule has 1 fully saturated rings. The summed E-state index contributed by atoms with van der Waals surface area (Å²) in [7, 11) is 3.23. The summed E-state index contributed by atoms with van der Waals surface area (Å²) in [5.74, 6) is 2.28. The van der Waals surface area contributed by atoms with Crippen LogP contribution < -0.4 is 9.47 Å². The van der Waals surface area contributed by atoms with E-state index < -0.39 is 0 Å². The molecular formula is C18H20N2O3S. The Labute approximate surface area is 146 Å². The molecule has 0 radical (unpaired) electrons. The number of nitrogens with zero attached hydrogens (tertiary/aromatic N) is 2. The van der Waals surface area contributed by atoms with Gasteiger partial charge in [0.15, 0.2) is 11.5 Å². The topological polar surface area (TPSA) is 51.7 Å². The molecule has 3 rings (SSSR count). The normalized spacial score (nSPS) is 17.7. The largest absolute Gasteiger partial charge is 0.493 e. The number of para-hydroxylation sites is 1. The van der Waals surface area contributed by atoms with E-state index in [1.54, 1.807) is 32.2 Å². The van der Waals surface area contributed by atoms with E-state index in [-0.39, 0.29) is 11.3 Å². The number of hydrogen-bond acceptors (Lipinski definition) is 5. The second-order valence-electron chi connectivity index (χ2n) is 5.40. The number of methoxy groups -OCH3 is 2. The first-order chi connectivity index (χ1) is 11.7. The van der Waals surface area contributed by atoms with Crippen molar-refractivity contribution in [2.75, 3.05) is 20.0 Å². The number of carbonyl (C=O) groups excluding carboxylic acids is 1. The second kappa shape index (κ2) is 7.57. The molecule has 6 heteroatoms. The predicted octanol–water partition coefficient (Wildman–Crippen LogP) is 3.26. The minimum absolute atomic E-state index is 0.0802. The molecule has 2 heterocycles. The third-order valence-electron chi connectivity index (χ3n) is 3.96. The minimum Gasteiger partial charge on any atom is -0.493 e. The molecule has 2 aromatic rings. The fraction of sp³-hybridized carbons (Fsp3) is 0.333. The van der Waals surface area contributed by atoms with Gasteiger partial charge in [-0.2, -0.15) is 0 Å². The summed E-state index contributed by atoms with van der Waals surface area (Å²) in [6.07, 6.45) is 2.31. The van der Waals surface area contributed by atoms with Crippen LogP contribution in [-0.2, 0) is 11.3 Å². The number of thioether (sulfide) groups is 1. The Morgan fingerprint density at radius 2 is 2.08 bits per heavy atom. The average Bonchev–Trinajstić information content (AvgIpc) is 2.63. The van der Waals surface area contributed by atoms with Crippen LogP contribution in [0.1, 0.15) is 23.1 Å². The lowest BCUT2D eigenvalue weighted by Crippen LogP contribution is -2.37. The minimum atomic E-state index is -0.0802. The lowest BCUT2D eigenvalue weighted by atomic mass is 10.1. The molecule has 1 aliphatic heterocycles. The fourth-order valence-corrected chi connectivity index (χ4v) is 4.02. The van der Waals surface area contributed by atoms with Crippen LogP contribution in [0.4, 0.5) is 0 Å². The molecule has 1 aromatic heterocycles. The Bertz CT molecular complexity index is 709. The third kappa shape index (κ3) is 3.33. The SMILES string of the molecule is COc1cccc(CN2C(=O)CCSC2c2ccccn2)c1OC. The van der Waals surface area contributed by atoms with Gasteiger partial charge in [-0.15, -0.1) is 11.8 Å². The Balaban J connectivity index is 1.92. The highest BCUT2D eigenvalue weighted by atomic mass is 32.2. The van der Waals surface area contributed by atoms with Crippen LogP contribution in [0.3, 0.4) is 0 Å². The van der Waals surface area contributed by atoms with Gasteiger partial charge in [-0.25, -0.2) is 0 Å². The van der Waals surface area contributed by atoms with Crippen molar-refractivity contribution in [2.45, 2.75) is 18.3 Å². The zero-order chi connectivity index (χ0) is 16.9. The van der Waals surface area contributed by atoms with Gasteiger partial charge in [0.05, 0.1) is 26.5 Å². The zero-order valence-electron chi connectivity index (χ0n) is 13.8. The molecule has 1 amide bonds. The maximum absolute atomic E-state index is 12.5. The van der Waals surface area contributed by atoms with E-state index in [1.165, 1.54) is 0 Å². The quantitative estimate of drug-likeness (QED) is 0.833. The molecule has 1 aromatic carbocycles. The lowest BCUT2D eigenvalue weighted by molar-refractivity contribution is -0.132. The van der Waals surface area contributed by atoms with Crippen molar-refractivity contribution >= 4 is 17.7 Å². The summed E-state index contributed by atoms with van der Waals surface area (Å²) in [5.41, 5.74) is 1.83. The lowest BCUT2D eigenvalue weighted by Gasteiger charge is -2.35. The van der Waals surface area contributed by atoms with Crippen molar-refractivity contribution < 1.29 is 14.3 Å². The van der Waals surface area contributed by atoms with Crippen LogP contribution >= 0.6 is 11.8 Å². The molecule has 0 spiro atoms. The Kier molecular flexibility index (Phi) is 5.25. The van der Waals surface area contributed by atoms with Crippen LogP contribution in [0, 0.1) is 0 Å². The van der Waals surface area contributed by atoms with E-state index >= 15 is 0 Å². The number of rotatable bonds is 5. The maximum atomic E-state index is 12.5. The molecule has 0 N–H and O–H groups in total. The van der Waals surface area contributed by atoms with Gasteiger partial charge in [0.1, 0.15) is 5.37 Å². The average molecular weight is 344 g/mol. The van der Waals surface area contributed by atoms with Crippen molar-refractivity contribution in [1.29, 1.82) is 0 Å². The van der Waals surface area contributed by atoms with E-state index in [2.05, 4.69) is 4.98 Å². The Morgan fingerprint density at radius 1 is 1.21 bits per heavy atom. The molecule has 0 bridgehead atoms. The van der Waals surface area contributed by atoms with Gasteiger partial charge in [0.25, 0.3) is 0 Å². The number of carbonyl (C=O) groups is 1. The van der Waals surface area contributed by atoms with Crippen molar-refractivity contribution in [2.24, 2.45) is 0 Å². The third-order valence-corrected chi connectivity index (χ3v) is 5.21. The zero-order valence-corrected chi connectivity index (χ0v) is 14.6. The number of ether oxygens (including phenoxy) is 2. The van der Waals surface area contributed by atoms with Gasteiger partial charge >= 0.3 is 0 Å². The first-order valence-electron chi connectivity index (χ1n) is 7.76. The van der Waals surface area contributed by atoms with E-state index in [1.807, 2.05) is 41.3 Å². The smallest absolute Gasteiger partial charge is 0.224 e. The highest BCUT2D eigenvalue weighted by Gasteiger charge is 2.31. The fourth-order valence-electron chi connectivity index (χ4n) is 2.82. The van der Waals surface area contributed by atoms with Crippen LogP contribution in [0.2, 0.25) is 0 Å². The standard InChI is InChI=1S/C18H20N2O3S/c1-22-15-8-5-6-13(17(15)23-2)12-20-16(21)9-11-24-18(20)14-7-3-4-10-19-14/h3-8,10,18H,9,11-12H2,1-2H3. The molecule has 1 saturated heterocycles. The summed E-state index contributed by atoms with van der Waals surface area (Å²) in [6, 6.07) is 11.5. The summed E-state index contributed by atoms with van der Waals surface area (Å²) in [6.45, 7) is 0.466. The van der Waals surface area contributed by atoms with E-state index in [0.717, 1.165) is 17.0 Å². The summed E-state index contributed by atoms with van der Waals surface area (Å²) < 4.78 is 10.9. The number of hydrogen-bond donors (Lipinski definition) is 0. The predicted molar refractivity (Wildman–Crippen MR) is 94.1 cm³/mol. The summed E-state index contributed by atoms with van der Waals surface area (Å²) >= 11 is 1.74. The second-order valence-corrected chi connectivity index (χ2v) is 6.59. The molecule has 5 nitrogen and oxygen atoms in total. The highest BCUT2D eigenvalue weighted by Crippen LogP contribution is 2.39. The maximum Gasteiger partial charge on any atom is 0.224 e. The van der Waals surface area contributed by atoms with Gasteiger partial charge in [-0.1, -0.05) is 18.2 Å². The summed E-state index contributed by atoms with van der Waals surface area (Å²) in [5, 5.41) is -0.0802. The molecule has 0 saturated carbocycles. The van der Waals surface area contributed by atoms with Gasteiger partial charge < -0.3 is 14.4 Å². The molecule has 1 unspecified atom stereocenters. The van der Waals surface area contributed by atoms with Crippen LogP contribution in [0.5, 0.6) is 11.5 Å². The molecule has 126 valence electrons. The van der Waals surface area contributed by atoms with Crippen LogP contribution in [0.25, 0.3) is 0 Å². The van der Waals surface area contributed by atoms with E-state index in [0.29, 0.717) is 24.5 Å². The van der Waals surface area contributed by atoms with Crippen molar-refractivity contribution in [3.05, 3.63) is 53.9 Å². The number of pyridine rings is 1. The first-order valence-corrected chi connectivity index (χ1v) is 8.81. The Hall–Kier alpha value is -2.21. The van der Waals surface area contributed by atoms with E-state index in [4.69, 9.17) is 9.47 Å². The van der Waals surface area contributed by atoms with Gasteiger partial charge in [-0.3, -0.25) is 9.78 Å². The van der Waals surface area contributed by atoms with Gasteiger partial charge in [-0.05, 0) is 18.2 Å². The van der Waals surface area contributed by atoms with Gasteiger partial charge in [0.2, 0.25) is 5.91 Å². The van der Waals surface area contributed by atoms with E-state index in [9.17, 15) is 4.79 Å². The van der Waals surface area contributed by atoms with Crippen molar-refractivity contribution in [1.82, 2.24) is 9.88 Å². The van der Waals surface area contributed by atoms with Crippen LogP contribution in [-0.4, -0.2) is 35.8 Å². The molecule has 1 atom stereocenters. The molecule has 24 heavy (non-hydrogen) atoms. The van der Waals surface area contributed by atoms with Crippen molar-refractivity contribution in [3.8, 4) is 11.5 Å². The molecule has 0 aliphatic carbocycles. The van der Waals surface area contributed by atoms with Crippen LogP contribution in [0.15, 0.2) is 42.6 Å². The number of amides is 1. The molecule has 1 aliphatic rings.